The molecule has 1 aromatic heterocycles. The fourth-order valence-electron chi connectivity index (χ4n) is 2.75. The minimum atomic E-state index is -0.118. The number of amides is 1. The second-order valence-corrected chi connectivity index (χ2v) is 6.29. The highest BCUT2D eigenvalue weighted by atomic mass is 35.5. The molecule has 127 valence electrons. The van der Waals surface area contributed by atoms with Crippen molar-refractivity contribution in [3.63, 3.8) is 0 Å². The van der Waals surface area contributed by atoms with Gasteiger partial charge in [0.25, 0.3) is 0 Å². The Morgan fingerprint density at radius 3 is 2.42 bits per heavy atom. The molecule has 0 atom stereocenters. The van der Waals surface area contributed by atoms with Crippen LogP contribution in [0.1, 0.15) is 0 Å². The maximum absolute atomic E-state index is 12.1. The number of anilines is 3. The first-order valence-electron chi connectivity index (χ1n) is 8.13. The molecular formula is C21H15ClN3O. The Balaban J connectivity index is 1.48. The molecule has 5 radical (unpaired) electrons. The van der Waals surface area contributed by atoms with Gasteiger partial charge < -0.3 is 10.6 Å². The lowest BCUT2D eigenvalue weighted by molar-refractivity contribution is -0.113. The monoisotopic (exact) mass is 360 g/mol. The zero-order valence-corrected chi connectivity index (χ0v) is 14.5. The van der Waals surface area contributed by atoms with Gasteiger partial charge >= 0.3 is 0 Å². The van der Waals surface area contributed by atoms with Crippen molar-refractivity contribution in [3.05, 3.63) is 91.4 Å². The normalized spacial score (nSPS) is 14.5. The van der Waals surface area contributed by atoms with Crippen LogP contribution in [0.2, 0.25) is 5.02 Å². The number of benzene rings is 2. The summed E-state index contributed by atoms with van der Waals surface area (Å²) >= 11 is 6.03. The van der Waals surface area contributed by atoms with Gasteiger partial charge in [-0.15, -0.1) is 0 Å². The van der Waals surface area contributed by atoms with E-state index in [4.69, 9.17) is 11.6 Å². The quantitative estimate of drug-likeness (QED) is 0.690. The lowest BCUT2D eigenvalue weighted by Gasteiger charge is -2.12. The van der Waals surface area contributed by atoms with Crippen molar-refractivity contribution in [2.24, 2.45) is 0 Å². The van der Waals surface area contributed by atoms with E-state index in [-0.39, 0.29) is 5.91 Å². The SMILES string of the molecule is O=C(Nc1ccc(Nc2ccnc3cc(Cl)ccc23)cc1)[C]1[CH][CH][CH][CH]1. The van der Waals surface area contributed by atoms with Crippen LogP contribution in [0, 0.1) is 31.6 Å². The second kappa shape index (κ2) is 7.34. The summed E-state index contributed by atoms with van der Waals surface area (Å²) in [5.74, 6) is 0.529. The number of fused-ring (bicyclic) bond motifs is 1. The van der Waals surface area contributed by atoms with E-state index in [9.17, 15) is 4.79 Å². The smallest absolute Gasteiger partial charge is 0.232 e. The van der Waals surface area contributed by atoms with Crippen LogP contribution < -0.4 is 10.6 Å². The van der Waals surface area contributed by atoms with E-state index in [0.717, 1.165) is 28.0 Å². The molecule has 3 aromatic rings. The Morgan fingerprint density at radius 2 is 1.65 bits per heavy atom. The minimum Gasteiger partial charge on any atom is -0.355 e. The fourth-order valence-corrected chi connectivity index (χ4v) is 2.92. The Morgan fingerprint density at radius 1 is 0.923 bits per heavy atom. The molecule has 1 fully saturated rings. The standard InChI is InChI=1S/C21H15ClN3O/c22-15-5-10-18-19(11-12-23-20(18)13-15)24-16-6-8-17(9-7-16)25-21(26)14-3-1-2-4-14/h1-13H,(H,23,24)(H,25,26). The third-order valence-corrected chi connectivity index (χ3v) is 4.29. The number of nitrogens with one attached hydrogen (secondary N) is 2. The van der Waals surface area contributed by atoms with Crippen molar-refractivity contribution in [2.45, 2.75) is 0 Å². The molecule has 2 aromatic carbocycles. The number of hydrogen-bond donors (Lipinski definition) is 2. The van der Waals surface area contributed by atoms with Crippen LogP contribution >= 0.6 is 11.6 Å². The van der Waals surface area contributed by atoms with Crippen molar-refractivity contribution in [1.82, 2.24) is 4.98 Å². The Labute approximate surface area is 157 Å². The fraction of sp³-hybridized carbons (Fsp3) is 0. The summed E-state index contributed by atoms with van der Waals surface area (Å²) in [6.45, 7) is 0. The molecule has 1 saturated carbocycles. The molecule has 0 bridgehead atoms. The predicted molar refractivity (Wildman–Crippen MR) is 106 cm³/mol. The molecule has 1 amide bonds. The summed E-state index contributed by atoms with van der Waals surface area (Å²) < 4.78 is 0. The first kappa shape index (κ1) is 16.9. The van der Waals surface area contributed by atoms with Crippen molar-refractivity contribution in [2.75, 3.05) is 10.6 Å². The highest BCUT2D eigenvalue weighted by Crippen LogP contribution is 2.28. The van der Waals surface area contributed by atoms with Gasteiger partial charge in [-0.2, -0.15) is 0 Å². The van der Waals surface area contributed by atoms with E-state index in [0.29, 0.717) is 10.9 Å². The van der Waals surface area contributed by atoms with E-state index >= 15 is 0 Å². The average molecular weight is 361 g/mol. The molecule has 0 spiro atoms. The highest BCUT2D eigenvalue weighted by molar-refractivity contribution is 6.31. The molecule has 4 nitrogen and oxygen atoms in total. The molecule has 1 aliphatic carbocycles. The van der Waals surface area contributed by atoms with Gasteiger partial charge in [-0.3, -0.25) is 9.78 Å². The molecule has 0 aliphatic heterocycles. The first-order chi connectivity index (χ1) is 12.7. The largest absolute Gasteiger partial charge is 0.355 e. The zero-order chi connectivity index (χ0) is 17.9. The summed E-state index contributed by atoms with van der Waals surface area (Å²) in [6.07, 6.45) is 9.00. The number of halogens is 1. The third-order valence-electron chi connectivity index (χ3n) is 4.05. The summed E-state index contributed by atoms with van der Waals surface area (Å²) in [4.78, 5) is 16.4. The maximum atomic E-state index is 12.1. The van der Waals surface area contributed by atoms with Gasteiger partial charge in [-0.05, 0) is 74.2 Å². The van der Waals surface area contributed by atoms with Gasteiger partial charge in [0.05, 0.1) is 11.4 Å². The van der Waals surface area contributed by atoms with Crippen LogP contribution in [0.15, 0.2) is 54.7 Å². The van der Waals surface area contributed by atoms with E-state index in [1.807, 2.05) is 61.4 Å². The van der Waals surface area contributed by atoms with E-state index < -0.39 is 0 Å². The number of pyridine rings is 1. The van der Waals surface area contributed by atoms with Gasteiger partial charge in [-0.25, -0.2) is 0 Å². The molecule has 1 heterocycles. The van der Waals surface area contributed by atoms with E-state index in [1.54, 1.807) is 19.0 Å². The number of rotatable bonds is 4. The highest BCUT2D eigenvalue weighted by Gasteiger charge is 2.24. The van der Waals surface area contributed by atoms with Gasteiger partial charge in [0.2, 0.25) is 5.91 Å². The second-order valence-electron chi connectivity index (χ2n) is 5.85. The van der Waals surface area contributed by atoms with Gasteiger partial charge in [-0.1, -0.05) is 11.6 Å². The molecule has 26 heavy (non-hydrogen) atoms. The van der Waals surface area contributed by atoms with Gasteiger partial charge in [0.1, 0.15) is 0 Å². The number of hydrogen-bond acceptors (Lipinski definition) is 3. The lowest BCUT2D eigenvalue weighted by atomic mass is 10.1. The van der Waals surface area contributed by atoms with Crippen molar-refractivity contribution < 1.29 is 4.79 Å². The van der Waals surface area contributed by atoms with Crippen LogP contribution in [0.25, 0.3) is 10.9 Å². The van der Waals surface area contributed by atoms with Gasteiger partial charge in [0, 0.05) is 33.7 Å². The zero-order valence-electron chi connectivity index (χ0n) is 13.7. The topological polar surface area (TPSA) is 54.0 Å². The van der Waals surface area contributed by atoms with Crippen LogP contribution in [-0.4, -0.2) is 10.9 Å². The molecule has 5 heteroatoms. The van der Waals surface area contributed by atoms with Gasteiger partial charge in [0.15, 0.2) is 0 Å². The number of carbonyl (C=O) groups is 1. The number of aromatic nitrogens is 1. The Kier molecular flexibility index (Phi) is 4.76. The molecule has 2 N–H and O–H groups in total. The van der Waals surface area contributed by atoms with Crippen LogP contribution in [0.3, 0.4) is 0 Å². The lowest BCUT2D eigenvalue weighted by Crippen LogP contribution is -2.19. The number of carbonyl (C=O) groups excluding carboxylic acids is 1. The first-order valence-corrected chi connectivity index (χ1v) is 8.51. The van der Waals surface area contributed by atoms with Crippen LogP contribution in [0.5, 0.6) is 0 Å². The summed E-state index contributed by atoms with van der Waals surface area (Å²) in [6, 6.07) is 15.1. The average Bonchev–Trinajstić information content (AvgIpc) is 3.18. The predicted octanol–water partition coefficient (Wildman–Crippen LogP) is 4.98. The Hall–Kier alpha value is -2.59. The molecule has 1 aliphatic rings. The molecule has 0 saturated heterocycles. The molecular weight excluding hydrogens is 346 g/mol. The maximum Gasteiger partial charge on any atom is 0.232 e. The van der Waals surface area contributed by atoms with E-state index in [1.165, 1.54) is 0 Å². The van der Waals surface area contributed by atoms with E-state index in [2.05, 4.69) is 15.6 Å². The minimum absolute atomic E-state index is 0.118. The van der Waals surface area contributed by atoms with Crippen molar-refractivity contribution >= 4 is 45.5 Å². The summed E-state index contributed by atoms with van der Waals surface area (Å²) in [5, 5.41) is 7.91. The van der Waals surface area contributed by atoms with Crippen LogP contribution in [-0.2, 0) is 4.79 Å². The molecule has 0 unspecified atom stereocenters. The third kappa shape index (κ3) is 3.65. The van der Waals surface area contributed by atoms with Crippen molar-refractivity contribution in [1.29, 1.82) is 0 Å². The summed E-state index contributed by atoms with van der Waals surface area (Å²) in [5.41, 5.74) is 3.44. The number of nitrogens with zero attached hydrogens (tertiary/aromatic N) is 1. The van der Waals surface area contributed by atoms with Crippen LogP contribution in [0.4, 0.5) is 17.1 Å². The Bertz CT molecular complexity index is 934. The summed E-state index contributed by atoms with van der Waals surface area (Å²) in [7, 11) is 0. The van der Waals surface area contributed by atoms with Crippen molar-refractivity contribution in [3.8, 4) is 0 Å². The molecule has 4 rings (SSSR count).